The van der Waals surface area contributed by atoms with E-state index in [0.717, 1.165) is 33.9 Å². The molecule has 10 rings (SSSR count). The lowest BCUT2D eigenvalue weighted by Gasteiger charge is -2.26. The van der Waals surface area contributed by atoms with Crippen molar-refractivity contribution in [2.75, 3.05) is 5.32 Å². The average Bonchev–Trinajstić information content (AvgIpc) is 3.59. The number of para-hydroxylation sites is 4. The molecule has 202 valence electrons. The molecule has 5 nitrogen and oxygen atoms in total. The Labute approximate surface area is 251 Å². The van der Waals surface area contributed by atoms with Crippen LogP contribution in [0.25, 0.3) is 49.3 Å². The maximum Gasteiger partial charge on any atom is 0.208 e. The normalized spacial score (nSPS) is 15.4. The number of anilines is 1. The molecule has 5 aromatic carbocycles. The highest BCUT2D eigenvalue weighted by Gasteiger charge is 2.30. The minimum absolute atomic E-state index is 0.213. The molecule has 2 aliphatic rings. The number of fused-ring (bicyclic) bond motifs is 10. The molecule has 1 unspecified atom stereocenters. The number of aliphatic imine (C=N–C) groups is 1. The smallest absolute Gasteiger partial charge is 0.208 e. The van der Waals surface area contributed by atoms with Crippen LogP contribution in [0.2, 0.25) is 0 Å². The van der Waals surface area contributed by atoms with Gasteiger partial charge in [-0.3, -0.25) is 9.55 Å². The van der Waals surface area contributed by atoms with Crippen molar-refractivity contribution < 1.29 is 0 Å². The van der Waals surface area contributed by atoms with Gasteiger partial charge in [0.05, 0.1) is 33.4 Å². The van der Waals surface area contributed by atoms with Gasteiger partial charge in [-0.05, 0) is 48.5 Å². The van der Waals surface area contributed by atoms with E-state index in [9.17, 15) is 0 Å². The third-order valence-corrected chi connectivity index (χ3v) is 9.89. The summed E-state index contributed by atoms with van der Waals surface area (Å²) < 4.78 is 4.78. The molecule has 0 saturated carbocycles. The van der Waals surface area contributed by atoms with E-state index in [1.165, 1.54) is 48.1 Å². The first-order chi connectivity index (χ1) is 21.3. The highest BCUT2D eigenvalue weighted by molar-refractivity contribution is 7.99. The van der Waals surface area contributed by atoms with Crippen LogP contribution in [0.5, 0.6) is 0 Å². The number of hydrogen-bond donors (Lipinski definition) is 1. The summed E-state index contributed by atoms with van der Waals surface area (Å²) in [6.07, 6.45) is 1.85. The van der Waals surface area contributed by atoms with Crippen molar-refractivity contribution in [3.8, 4) is 5.69 Å². The summed E-state index contributed by atoms with van der Waals surface area (Å²) in [5.74, 6) is 0.803. The van der Waals surface area contributed by atoms with Crippen LogP contribution in [-0.4, -0.2) is 20.1 Å². The molecule has 1 N–H and O–H groups in total. The second-order valence-electron chi connectivity index (χ2n) is 11.1. The Hall–Kier alpha value is -5.33. The van der Waals surface area contributed by atoms with E-state index in [1.54, 1.807) is 0 Å². The number of benzene rings is 5. The van der Waals surface area contributed by atoms with Gasteiger partial charge in [0.25, 0.3) is 0 Å². The van der Waals surface area contributed by atoms with E-state index in [4.69, 9.17) is 9.98 Å². The van der Waals surface area contributed by atoms with Gasteiger partial charge in [0.2, 0.25) is 5.96 Å². The zero-order chi connectivity index (χ0) is 28.1. The van der Waals surface area contributed by atoms with Gasteiger partial charge in [0, 0.05) is 48.8 Å². The molecule has 0 saturated heterocycles. The van der Waals surface area contributed by atoms with Crippen LogP contribution in [0, 0.1) is 0 Å². The van der Waals surface area contributed by atoms with Gasteiger partial charge in [0.1, 0.15) is 6.04 Å². The van der Waals surface area contributed by atoms with Gasteiger partial charge < -0.3 is 9.88 Å². The lowest BCUT2D eigenvalue weighted by molar-refractivity contribution is 0.814. The van der Waals surface area contributed by atoms with Gasteiger partial charge in [0.15, 0.2) is 0 Å². The molecule has 0 amide bonds. The quantitative estimate of drug-likeness (QED) is 0.214. The van der Waals surface area contributed by atoms with Crippen molar-refractivity contribution >= 4 is 67.0 Å². The Morgan fingerprint density at radius 3 is 2.21 bits per heavy atom. The highest BCUT2D eigenvalue weighted by Crippen LogP contribution is 2.51. The maximum absolute atomic E-state index is 5.38. The summed E-state index contributed by atoms with van der Waals surface area (Å²) in [5, 5.41) is 8.74. The van der Waals surface area contributed by atoms with Crippen molar-refractivity contribution in [3.05, 3.63) is 139 Å². The third-order valence-electron chi connectivity index (χ3n) is 8.80. The average molecular weight is 570 g/mol. The van der Waals surface area contributed by atoms with Gasteiger partial charge in [-0.25, -0.2) is 4.99 Å². The molecule has 8 aromatic rings. The van der Waals surface area contributed by atoms with Gasteiger partial charge >= 0.3 is 0 Å². The number of pyridine rings is 1. The van der Waals surface area contributed by atoms with Gasteiger partial charge in [-0.15, -0.1) is 0 Å². The second-order valence-corrected chi connectivity index (χ2v) is 12.2. The Kier molecular flexibility index (Phi) is 4.65. The van der Waals surface area contributed by atoms with E-state index in [-0.39, 0.29) is 6.04 Å². The Morgan fingerprint density at radius 2 is 1.35 bits per heavy atom. The Balaban J connectivity index is 1.35. The molecular weight excluding hydrogens is 547 g/mol. The molecule has 2 aliphatic heterocycles. The van der Waals surface area contributed by atoms with Gasteiger partial charge in [-0.2, -0.15) is 0 Å². The van der Waals surface area contributed by atoms with Crippen LogP contribution < -0.4 is 5.32 Å². The number of nitrogens with one attached hydrogen (secondary N) is 1. The summed E-state index contributed by atoms with van der Waals surface area (Å²) >= 11 is 1.85. The Bertz CT molecular complexity index is 2470. The molecule has 3 aromatic heterocycles. The lowest BCUT2D eigenvalue weighted by atomic mass is 10.0. The Morgan fingerprint density at radius 1 is 0.628 bits per heavy atom. The molecule has 0 spiro atoms. The van der Waals surface area contributed by atoms with E-state index in [0.29, 0.717) is 0 Å². The molecule has 0 bridgehead atoms. The molecule has 0 radical (unpaired) electrons. The molecule has 6 heteroatoms. The topological polar surface area (TPSA) is 47.1 Å². The van der Waals surface area contributed by atoms with E-state index in [2.05, 4.69) is 124 Å². The summed E-state index contributed by atoms with van der Waals surface area (Å²) in [4.78, 5) is 12.6. The SMILES string of the molecule is c1ccc(C2N=C(n3c4ccccc4c4c5c6ccccc6n6c5c(cc43)Sc3ccccc3-6)Nc3ccccc32)nc1. The largest absolute Gasteiger partial charge is 0.325 e. The van der Waals surface area contributed by atoms with Crippen molar-refractivity contribution in [3.63, 3.8) is 0 Å². The first-order valence-electron chi connectivity index (χ1n) is 14.5. The summed E-state index contributed by atoms with van der Waals surface area (Å²) in [7, 11) is 0. The first kappa shape index (κ1) is 23.3. The van der Waals surface area contributed by atoms with Crippen molar-refractivity contribution in [1.82, 2.24) is 14.1 Å². The fourth-order valence-corrected chi connectivity index (χ4v) is 8.16. The van der Waals surface area contributed by atoms with Crippen molar-refractivity contribution in [2.45, 2.75) is 15.8 Å². The monoisotopic (exact) mass is 569 g/mol. The number of hydrogen-bond acceptors (Lipinski definition) is 4. The molecule has 43 heavy (non-hydrogen) atoms. The number of rotatable bonds is 1. The van der Waals surface area contributed by atoms with E-state index >= 15 is 0 Å². The van der Waals surface area contributed by atoms with Crippen LogP contribution in [0.3, 0.4) is 0 Å². The molecular formula is C37H23N5S. The predicted molar refractivity (Wildman–Crippen MR) is 177 cm³/mol. The lowest BCUT2D eigenvalue weighted by Crippen LogP contribution is -2.27. The maximum atomic E-state index is 5.38. The van der Waals surface area contributed by atoms with Crippen LogP contribution in [0.15, 0.2) is 142 Å². The van der Waals surface area contributed by atoms with Crippen LogP contribution in [-0.2, 0) is 0 Å². The first-order valence-corrected chi connectivity index (χ1v) is 15.3. The predicted octanol–water partition coefficient (Wildman–Crippen LogP) is 9.17. The van der Waals surface area contributed by atoms with E-state index < -0.39 is 0 Å². The zero-order valence-corrected chi connectivity index (χ0v) is 23.7. The highest BCUT2D eigenvalue weighted by atomic mass is 32.2. The molecule has 0 aliphatic carbocycles. The van der Waals surface area contributed by atoms with E-state index in [1.807, 2.05) is 30.1 Å². The summed E-state index contributed by atoms with van der Waals surface area (Å²) in [6.45, 7) is 0. The summed E-state index contributed by atoms with van der Waals surface area (Å²) in [5.41, 5.74) is 9.12. The standard InChI is InChI=1S/C37H23N5S/c1-4-14-25-22(11-1)35(26-15-9-10-20-38-26)40-37(39-25)42-28-17-6-2-12-23(28)33-30(42)21-32-36-34(33)24-13-3-5-16-27(24)41(36)29-18-7-8-19-31(29)43-32/h1-21,35H,(H,39,40). The van der Waals surface area contributed by atoms with Crippen LogP contribution in [0.1, 0.15) is 17.3 Å². The summed E-state index contributed by atoms with van der Waals surface area (Å²) in [6, 6.07) is 42.9. The van der Waals surface area contributed by atoms with Crippen LogP contribution >= 0.6 is 11.8 Å². The van der Waals surface area contributed by atoms with Gasteiger partial charge in [-0.1, -0.05) is 84.6 Å². The molecule has 1 atom stereocenters. The second kappa shape index (κ2) is 8.60. The third kappa shape index (κ3) is 3.13. The minimum Gasteiger partial charge on any atom is -0.325 e. The number of nitrogens with zero attached hydrogens (tertiary/aromatic N) is 4. The fourth-order valence-electron chi connectivity index (χ4n) is 7.05. The van der Waals surface area contributed by atoms with Crippen molar-refractivity contribution in [2.24, 2.45) is 4.99 Å². The fraction of sp³-hybridized carbons (Fsp3) is 0.0270. The molecule has 5 heterocycles. The van der Waals surface area contributed by atoms with Crippen molar-refractivity contribution in [1.29, 1.82) is 0 Å². The van der Waals surface area contributed by atoms with Crippen LogP contribution in [0.4, 0.5) is 5.69 Å². The number of aromatic nitrogens is 3. The molecule has 0 fully saturated rings. The minimum atomic E-state index is -0.213. The zero-order valence-electron chi connectivity index (χ0n) is 22.9.